The molecule has 0 aliphatic rings. The van der Waals surface area contributed by atoms with E-state index < -0.39 is 0 Å². The van der Waals surface area contributed by atoms with Crippen LogP contribution in [0, 0.1) is 0 Å². The highest BCUT2D eigenvalue weighted by atomic mass is 16.2. The number of amides is 1. The predicted molar refractivity (Wildman–Crippen MR) is 63.1 cm³/mol. The maximum atomic E-state index is 11.9. The number of carbonyl (C=O) groups is 1. The second kappa shape index (κ2) is 6.27. The Balaban J connectivity index is 2.36. The molecule has 90 valence electrons. The van der Waals surface area contributed by atoms with E-state index in [4.69, 9.17) is 5.73 Å². The highest BCUT2D eigenvalue weighted by Gasteiger charge is 2.12. The zero-order chi connectivity index (χ0) is 12.0. The van der Waals surface area contributed by atoms with E-state index in [2.05, 4.69) is 5.10 Å². The van der Waals surface area contributed by atoms with Crippen LogP contribution in [0.5, 0.6) is 0 Å². The first kappa shape index (κ1) is 12.7. The Morgan fingerprint density at radius 3 is 2.81 bits per heavy atom. The Bertz CT molecular complexity index is 334. The third-order valence-corrected chi connectivity index (χ3v) is 2.50. The van der Waals surface area contributed by atoms with E-state index in [0.717, 1.165) is 32.4 Å². The van der Waals surface area contributed by atoms with Crippen molar-refractivity contribution in [3.63, 3.8) is 0 Å². The van der Waals surface area contributed by atoms with Crippen LogP contribution in [0.15, 0.2) is 12.4 Å². The second-order valence-corrected chi connectivity index (χ2v) is 3.98. The molecule has 0 aliphatic heterocycles. The Morgan fingerprint density at radius 1 is 1.50 bits per heavy atom. The first-order valence-electron chi connectivity index (χ1n) is 5.59. The van der Waals surface area contributed by atoms with Gasteiger partial charge >= 0.3 is 0 Å². The van der Waals surface area contributed by atoms with Gasteiger partial charge in [0, 0.05) is 26.8 Å². The molecule has 1 aromatic rings. The number of unbranched alkanes of at least 4 members (excludes halogenated alkanes) is 2. The lowest BCUT2D eigenvalue weighted by Gasteiger charge is -2.15. The van der Waals surface area contributed by atoms with Gasteiger partial charge in [0.1, 0.15) is 0 Å². The van der Waals surface area contributed by atoms with Gasteiger partial charge in [-0.05, 0) is 19.4 Å². The summed E-state index contributed by atoms with van der Waals surface area (Å²) in [5.41, 5.74) is 6.05. The summed E-state index contributed by atoms with van der Waals surface area (Å²) in [6, 6.07) is 0. The number of nitrogens with zero attached hydrogens (tertiary/aromatic N) is 3. The molecule has 5 nitrogen and oxygen atoms in total. The molecule has 0 radical (unpaired) electrons. The van der Waals surface area contributed by atoms with E-state index in [9.17, 15) is 4.79 Å². The average Bonchev–Trinajstić information content (AvgIpc) is 2.70. The van der Waals surface area contributed by atoms with Crippen LogP contribution in [-0.4, -0.2) is 40.7 Å². The topological polar surface area (TPSA) is 64.2 Å². The molecule has 0 fully saturated rings. The average molecular weight is 224 g/mol. The van der Waals surface area contributed by atoms with Crippen molar-refractivity contribution in [2.45, 2.75) is 19.3 Å². The van der Waals surface area contributed by atoms with Gasteiger partial charge in [-0.1, -0.05) is 6.42 Å². The zero-order valence-electron chi connectivity index (χ0n) is 10.0. The molecule has 2 N–H and O–H groups in total. The van der Waals surface area contributed by atoms with Crippen LogP contribution < -0.4 is 5.73 Å². The first-order valence-corrected chi connectivity index (χ1v) is 5.59. The van der Waals surface area contributed by atoms with Gasteiger partial charge in [0.05, 0.1) is 11.8 Å². The lowest BCUT2D eigenvalue weighted by Crippen LogP contribution is -2.27. The molecule has 1 heterocycles. The maximum absolute atomic E-state index is 11.9. The molecule has 1 rings (SSSR count). The summed E-state index contributed by atoms with van der Waals surface area (Å²) in [6.07, 6.45) is 6.42. The Morgan fingerprint density at radius 2 is 2.25 bits per heavy atom. The number of carbonyl (C=O) groups excluding carboxylic acids is 1. The minimum absolute atomic E-state index is 0.0286. The molecule has 1 aromatic heterocycles. The number of aromatic nitrogens is 2. The van der Waals surface area contributed by atoms with Crippen molar-refractivity contribution < 1.29 is 4.79 Å². The molecule has 0 unspecified atom stereocenters. The van der Waals surface area contributed by atoms with Gasteiger partial charge in [0.2, 0.25) is 0 Å². The van der Waals surface area contributed by atoms with E-state index in [0.29, 0.717) is 5.56 Å². The van der Waals surface area contributed by atoms with Gasteiger partial charge in [-0.25, -0.2) is 0 Å². The Labute approximate surface area is 96.2 Å². The van der Waals surface area contributed by atoms with Crippen LogP contribution in [0.1, 0.15) is 29.6 Å². The third-order valence-electron chi connectivity index (χ3n) is 2.50. The molecule has 0 aliphatic carbocycles. The van der Waals surface area contributed by atoms with E-state index in [1.54, 1.807) is 29.0 Å². The summed E-state index contributed by atoms with van der Waals surface area (Å²) in [5.74, 6) is 0.0286. The molecule has 0 atom stereocenters. The molecule has 0 saturated carbocycles. The Hall–Kier alpha value is -1.36. The molecule has 0 aromatic carbocycles. The maximum Gasteiger partial charge on any atom is 0.256 e. The SMILES string of the molecule is CN(CCCCCN)C(=O)c1cnn(C)c1. The van der Waals surface area contributed by atoms with Crippen LogP contribution in [0.25, 0.3) is 0 Å². The summed E-state index contributed by atoms with van der Waals surface area (Å²) < 4.78 is 1.63. The van der Waals surface area contributed by atoms with Crippen LogP contribution in [0.3, 0.4) is 0 Å². The van der Waals surface area contributed by atoms with Gasteiger partial charge in [-0.15, -0.1) is 0 Å². The quantitative estimate of drug-likeness (QED) is 0.720. The van der Waals surface area contributed by atoms with Crippen LogP contribution in [0.2, 0.25) is 0 Å². The smallest absolute Gasteiger partial charge is 0.256 e. The van der Waals surface area contributed by atoms with Crippen molar-refractivity contribution in [2.75, 3.05) is 20.1 Å². The molecule has 16 heavy (non-hydrogen) atoms. The van der Waals surface area contributed by atoms with Crippen LogP contribution in [0.4, 0.5) is 0 Å². The van der Waals surface area contributed by atoms with E-state index in [-0.39, 0.29) is 5.91 Å². The van der Waals surface area contributed by atoms with E-state index >= 15 is 0 Å². The second-order valence-electron chi connectivity index (χ2n) is 3.98. The van der Waals surface area contributed by atoms with Crippen molar-refractivity contribution in [1.82, 2.24) is 14.7 Å². The highest BCUT2D eigenvalue weighted by molar-refractivity contribution is 5.93. The number of aryl methyl sites for hydroxylation is 1. The minimum atomic E-state index is 0.0286. The van der Waals surface area contributed by atoms with Crippen molar-refractivity contribution in [1.29, 1.82) is 0 Å². The Kier molecular flexibility index (Phi) is 4.98. The lowest BCUT2D eigenvalue weighted by atomic mass is 10.2. The molecular weight excluding hydrogens is 204 g/mol. The fraction of sp³-hybridized carbons (Fsp3) is 0.636. The molecule has 0 bridgehead atoms. The largest absolute Gasteiger partial charge is 0.342 e. The first-order chi connectivity index (χ1) is 7.65. The minimum Gasteiger partial charge on any atom is -0.342 e. The zero-order valence-corrected chi connectivity index (χ0v) is 10.0. The van der Waals surface area contributed by atoms with E-state index in [1.165, 1.54) is 0 Å². The third kappa shape index (κ3) is 3.66. The van der Waals surface area contributed by atoms with Gasteiger partial charge in [-0.2, -0.15) is 5.10 Å². The lowest BCUT2D eigenvalue weighted by molar-refractivity contribution is 0.0792. The molecular formula is C11H20N4O. The molecule has 0 saturated heterocycles. The summed E-state index contributed by atoms with van der Waals surface area (Å²) in [6.45, 7) is 1.49. The van der Waals surface area contributed by atoms with E-state index in [1.807, 2.05) is 7.05 Å². The predicted octanol–water partition coefficient (Wildman–Crippen LogP) is 0.621. The van der Waals surface area contributed by atoms with Crippen molar-refractivity contribution in [3.05, 3.63) is 18.0 Å². The number of hydrogen-bond donors (Lipinski definition) is 1. The number of hydrogen-bond acceptors (Lipinski definition) is 3. The van der Waals surface area contributed by atoms with Gasteiger partial charge < -0.3 is 10.6 Å². The van der Waals surface area contributed by atoms with Crippen LogP contribution >= 0.6 is 0 Å². The highest BCUT2D eigenvalue weighted by Crippen LogP contribution is 2.03. The van der Waals surface area contributed by atoms with Crippen molar-refractivity contribution in [3.8, 4) is 0 Å². The summed E-state index contributed by atoms with van der Waals surface area (Å²) in [4.78, 5) is 13.6. The van der Waals surface area contributed by atoms with Gasteiger partial charge in [-0.3, -0.25) is 9.48 Å². The molecule has 0 spiro atoms. The fourth-order valence-corrected chi connectivity index (χ4v) is 1.52. The van der Waals surface area contributed by atoms with Gasteiger partial charge in [0.15, 0.2) is 0 Å². The monoisotopic (exact) mass is 224 g/mol. The number of rotatable bonds is 6. The molecule has 5 heteroatoms. The standard InChI is InChI=1S/C11H20N4O/c1-14(7-5-3-4-6-12)11(16)10-8-13-15(2)9-10/h8-9H,3-7,12H2,1-2H3. The summed E-state index contributed by atoms with van der Waals surface area (Å²) in [7, 11) is 3.62. The number of nitrogens with two attached hydrogens (primary N) is 1. The summed E-state index contributed by atoms with van der Waals surface area (Å²) >= 11 is 0. The molecule has 1 amide bonds. The van der Waals surface area contributed by atoms with Crippen molar-refractivity contribution in [2.24, 2.45) is 12.8 Å². The normalized spacial score (nSPS) is 10.4. The fourth-order valence-electron chi connectivity index (χ4n) is 1.52. The van der Waals surface area contributed by atoms with Crippen molar-refractivity contribution >= 4 is 5.91 Å². The summed E-state index contributed by atoms with van der Waals surface area (Å²) in [5, 5.41) is 3.98. The van der Waals surface area contributed by atoms with Gasteiger partial charge in [0.25, 0.3) is 5.91 Å². The van der Waals surface area contributed by atoms with Crippen LogP contribution in [-0.2, 0) is 7.05 Å².